The molecule has 0 aliphatic rings. The van der Waals surface area contributed by atoms with Crippen molar-refractivity contribution in [2.75, 3.05) is 0 Å². The summed E-state index contributed by atoms with van der Waals surface area (Å²) in [5, 5.41) is 0. The van der Waals surface area contributed by atoms with Crippen LogP contribution in [0.5, 0.6) is 0 Å². The molecule has 2 heterocycles. The number of pyridine rings is 2. The van der Waals surface area contributed by atoms with E-state index in [1.807, 2.05) is 18.2 Å². The number of aromatic nitrogens is 2. The van der Waals surface area contributed by atoms with Gasteiger partial charge >= 0.3 is 0 Å². The van der Waals surface area contributed by atoms with E-state index in [2.05, 4.69) is 25.9 Å². The molecule has 0 saturated heterocycles. The zero-order chi connectivity index (χ0) is 12.1. The van der Waals surface area contributed by atoms with Gasteiger partial charge in [-0.1, -0.05) is 6.07 Å². The molecule has 2 aromatic rings. The third-order valence-corrected chi connectivity index (χ3v) is 2.53. The molecule has 4 heteroatoms. The summed E-state index contributed by atoms with van der Waals surface area (Å²) in [4.78, 5) is 19.8. The maximum absolute atomic E-state index is 11.7. The maximum atomic E-state index is 11.7. The minimum absolute atomic E-state index is 0.0834. The number of allylic oxidation sites excluding steroid dienone is 1. The van der Waals surface area contributed by atoms with Gasteiger partial charge in [0, 0.05) is 18.0 Å². The fraction of sp³-hybridized carbons (Fsp3) is 0. The van der Waals surface area contributed by atoms with Gasteiger partial charge in [0.1, 0.15) is 4.60 Å². The number of hydrogen-bond acceptors (Lipinski definition) is 3. The quantitative estimate of drug-likeness (QED) is 0.495. The Labute approximate surface area is 107 Å². The van der Waals surface area contributed by atoms with Crippen molar-refractivity contribution in [3.8, 4) is 0 Å². The largest absolute Gasteiger partial charge is 0.289 e. The van der Waals surface area contributed by atoms with Crippen molar-refractivity contribution in [2.45, 2.75) is 0 Å². The Kier molecular flexibility index (Phi) is 3.77. The van der Waals surface area contributed by atoms with E-state index in [1.54, 1.807) is 30.6 Å². The molecule has 0 radical (unpaired) electrons. The van der Waals surface area contributed by atoms with Crippen LogP contribution in [0.25, 0.3) is 6.08 Å². The molecule has 0 N–H and O–H groups in total. The predicted molar refractivity (Wildman–Crippen MR) is 69.5 cm³/mol. The monoisotopic (exact) mass is 288 g/mol. The number of halogens is 1. The van der Waals surface area contributed by atoms with Gasteiger partial charge in [-0.2, -0.15) is 0 Å². The first-order valence-corrected chi connectivity index (χ1v) is 5.80. The normalized spacial score (nSPS) is 10.6. The second kappa shape index (κ2) is 5.50. The fourth-order valence-corrected chi connectivity index (χ4v) is 1.64. The summed E-state index contributed by atoms with van der Waals surface area (Å²) >= 11 is 3.27. The molecule has 0 aromatic carbocycles. The molecular weight excluding hydrogens is 280 g/mol. The molecule has 0 spiro atoms. The summed E-state index contributed by atoms with van der Waals surface area (Å²) in [5.74, 6) is -0.0834. The second-order valence-corrected chi connectivity index (χ2v) is 4.14. The maximum Gasteiger partial charge on any atom is 0.187 e. The molecular formula is C13H9BrN2O. The second-order valence-electron chi connectivity index (χ2n) is 3.32. The summed E-state index contributed by atoms with van der Waals surface area (Å²) in [7, 11) is 0. The topological polar surface area (TPSA) is 42.9 Å². The van der Waals surface area contributed by atoms with E-state index in [1.165, 1.54) is 6.08 Å². The molecule has 0 atom stereocenters. The Morgan fingerprint density at radius 3 is 2.82 bits per heavy atom. The number of carbonyl (C=O) groups excluding carboxylic acids is 1. The van der Waals surface area contributed by atoms with Crippen molar-refractivity contribution >= 4 is 27.8 Å². The highest BCUT2D eigenvalue weighted by atomic mass is 79.9. The van der Waals surface area contributed by atoms with Crippen LogP contribution in [0.1, 0.15) is 16.1 Å². The van der Waals surface area contributed by atoms with Crippen LogP contribution < -0.4 is 0 Å². The Morgan fingerprint density at radius 1 is 1.24 bits per heavy atom. The fourth-order valence-electron chi connectivity index (χ4n) is 1.28. The predicted octanol–water partition coefficient (Wildman–Crippen LogP) is 3.14. The van der Waals surface area contributed by atoms with E-state index in [0.29, 0.717) is 5.56 Å². The molecule has 17 heavy (non-hydrogen) atoms. The van der Waals surface area contributed by atoms with Gasteiger partial charge in [0.2, 0.25) is 0 Å². The molecule has 2 rings (SSSR count). The molecule has 0 bridgehead atoms. The lowest BCUT2D eigenvalue weighted by molar-refractivity contribution is 0.104. The van der Waals surface area contributed by atoms with Crippen LogP contribution in [-0.2, 0) is 0 Å². The first kappa shape index (κ1) is 11.7. The number of hydrogen-bond donors (Lipinski definition) is 0. The molecule has 2 aromatic heterocycles. The molecule has 3 nitrogen and oxygen atoms in total. The number of nitrogens with zero attached hydrogens (tertiary/aromatic N) is 2. The lowest BCUT2D eigenvalue weighted by atomic mass is 10.2. The zero-order valence-electron chi connectivity index (χ0n) is 8.88. The number of rotatable bonds is 3. The highest BCUT2D eigenvalue weighted by molar-refractivity contribution is 9.10. The van der Waals surface area contributed by atoms with Gasteiger partial charge in [0.15, 0.2) is 5.78 Å². The van der Waals surface area contributed by atoms with E-state index < -0.39 is 0 Å². The Hall–Kier alpha value is -1.81. The smallest absolute Gasteiger partial charge is 0.187 e. The van der Waals surface area contributed by atoms with Gasteiger partial charge < -0.3 is 0 Å². The van der Waals surface area contributed by atoms with Crippen LogP contribution in [0.3, 0.4) is 0 Å². The summed E-state index contributed by atoms with van der Waals surface area (Å²) in [6.45, 7) is 0. The lowest BCUT2D eigenvalue weighted by Gasteiger charge is -1.95. The first-order valence-electron chi connectivity index (χ1n) is 5.01. The SMILES string of the molecule is O=C(C=Cc1cccc(Br)n1)c1cccnc1. The minimum atomic E-state index is -0.0834. The molecule has 84 valence electrons. The van der Waals surface area contributed by atoms with Gasteiger partial charge in [-0.25, -0.2) is 4.98 Å². The van der Waals surface area contributed by atoms with Crippen molar-refractivity contribution in [3.63, 3.8) is 0 Å². The average molecular weight is 289 g/mol. The zero-order valence-corrected chi connectivity index (χ0v) is 10.5. The lowest BCUT2D eigenvalue weighted by Crippen LogP contribution is -1.94. The van der Waals surface area contributed by atoms with Crippen molar-refractivity contribution in [1.29, 1.82) is 0 Å². The Morgan fingerprint density at radius 2 is 2.12 bits per heavy atom. The van der Waals surface area contributed by atoms with Crippen LogP contribution in [0.15, 0.2) is 53.4 Å². The van der Waals surface area contributed by atoms with Gasteiger partial charge in [-0.05, 0) is 52.3 Å². The molecule has 0 amide bonds. The third kappa shape index (κ3) is 3.32. The minimum Gasteiger partial charge on any atom is -0.289 e. The van der Waals surface area contributed by atoms with Crippen LogP contribution in [0.2, 0.25) is 0 Å². The number of ketones is 1. The van der Waals surface area contributed by atoms with E-state index in [0.717, 1.165) is 10.3 Å². The van der Waals surface area contributed by atoms with Gasteiger partial charge in [0.05, 0.1) is 5.69 Å². The third-order valence-electron chi connectivity index (χ3n) is 2.09. The molecule has 0 unspecified atom stereocenters. The summed E-state index contributed by atoms with van der Waals surface area (Å²) in [6, 6.07) is 9.00. The van der Waals surface area contributed by atoms with E-state index in [-0.39, 0.29) is 5.78 Å². The highest BCUT2D eigenvalue weighted by Crippen LogP contribution is 2.08. The molecule has 0 saturated carbocycles. The summed E-state index contributed by atoms with van der Waals surface area (Å²) < 4.78 is 0.744. The Bertz CT molecular complexity index is 552. The van der Waals surface area contributed by atoms with E-state index >= 15 is 0 Å². The van der Waals surface area contributed by atoms with Gasteiger partial charge in [0.25, 0.3) is 0 Å². The van der Waals surface area contributed by atoms with E-state index in [4.69, 9.17) is 0 Å². The summed E-state index contributed by atoms with van der Waals surface area (Å²) in [6.07, 6.45) is 6.35. The van der Waals surface area contributed by atoms with Crippen molar-refractivity contribution < 1.29 is 4.79 Å². The van der Waals surface area contributed by atoms with Gasteiger partial charge in [-0.3, -0.25) is 9.78 Å². The summed E-state index contributed by atoms with van der Waals surface area (Å²) in [5.41, 5.74) is 1.30. The number of carbonyl (C=O) groups is 1. The highest BCUT2D eigenvalue weighted by Gasteiger charge is 2.00. The van der Waals surface area contributed by atoms with Gasteiger partial charge in [-0.15, -0.1) is 0 Å². The van der Waals surface area contributed by atoms with Crippen LogP contribution >= 0.6 is 15.9 Å². The first-order chi connectivity index (χ1) is 8.25. The van der Waals surface area contributed by atoms with Crippen molar-refractivity contribution in [3.05, 3.63) is 64.7 Å². The Balaban J connectivity index is 2.14. The molecule has 0 fully saturated rings. The average Bonchev–Trinajstić information content (AvgIpc) is 2.37. The standard InChI is InChI=1S/C13H9BrN2O/c14-13-5-1-4-11(16-13)6-7-12(17)10-3-2-8-15-9-10/h1-9H. The van der Waals surface area contributed by atoms with E-state index in [9.17, 15) is 4.79 Å². The van der Waals surface area contributed by atoms with Crippen LogP contribution in [0, 0.1) is 0 Å². The van der Waals surface area contributed by atoms with Crippen LogP contribution in [-0.4, -0.2) is 15.8 Å². The van der Waals surface area contributed by atoms with Crippen molar-refractivity contribution in [1.82, 2.24) is 9.97 Å². The van der Waals surface area contributed by atoms with Crippen LogP contribution in [0.4, 0.5) is 0 Å². The molecule has 0 aliphatic heterocycles. The molecule has 0 aliphatic carbocycles. The van der Waals surface area contributed by atoms with Crippen molar-refractivity contribution in [2.24, 2.45) is 0 Å².